The Balaban J connectivity index is 1.49. The fourth-order valence-corrected chi connectivity index (χ4v) is 6.45. The molecule has 3 aromatic rings. The Labute approximate surface area is 174 Å². The molecule has 1 amide bonds. The van der Waals surface area contributed by atoms with Crippen LogP contribution in [0.15, 0.2) is 54.6 Å². The number of aromatic nitrogens is 1. The topological polar surface area (TPSA) is 70.6 Å². The predicted molar refractivity (Wildman–Crippen MR) is 117 cm³/mol. The number of anilines is 1. The van der Waals surface area contributed by atoms with Gasteiger partial charge in [-0.25, -0.2) is 13.4 Å². The molecule has 29 heavy (non-hydrogen) atoms. The van der Waals surface area contributed by atoms with Crippen LogP contribution in [0.2, 0.25) is 0 Å². The lowest BCUT2D eigenvalue weighted by Crippen LogP contribution is -2.45. The number of hydrogen-bond donors (Lipinski definition) is 0. The van der Waals surface area contributed by atoms with Crippen LogP contribution in [0, 0.1) is 0 Å². The third kappa shape index (κ3) is 4.66. The lowest BCUT2D eigenvalue weighted by Gasteiger charge is -2.30. The molecule has 1 atom stereocenters. The van der Waals surface area contributed by atoms with Crippen LogP contribution in [-0.4, -0.2) is 55.3 Å². The molecule has 0 spiro atoms. The summed E-state index contributed by atoms with van der Waals surface area (Å²) >= 11 is 1.63. The van der Waals surface area contributed by atoms with Crippen molar-refractivity contribution in [2.75, 3.05) is 30.0 Å². The van der Waals surface area contributed by atoms with E-state index in [1.807, 2.05) is 66.5 Å². The maximum atomic E-state index is 13.2. The predicted octanol–water partition coefficient (Wildman–Crippen LogP) is 2.95. The monoisotopic (exact) mass is 429 g/mol. The van der Waals surface area contributed by atoms with Crippen molar-refractivity contribution in [2.24, 2.45) is 0 Å². The summed E-state index contributed by atoms with van der Waals surface area (Å²) in [5.41, 5.74) is 1.71. The van der Waals surface area contributed by atoms with E-state index < -0.39 is 9.84 Å². The van der Waals surface area contributed by atoms with Crippen molar-refractivity contribution in [2.45, 2.75) is 19.0 Å². The van der Waals surface area contributed by atoms with E-state index in [2.05, 4.69) is 4.98 Å². The van der Waals surface area contributed by atoms with Gasteiger partial charge in [0, 0.05) is 5.69 Å². The van der Waals surface area contributed by atoms with Crippen LogP contribution < -0.4 is 4.90 Å². The van der Waals surface area contributed by atoms with E-state index in [4.69, 9.17) is 0 Å². The molecule has 4 rings (SSSR count). The van der Waals surface area contributed by atoms with Gasteiger partial charge in [-0.2, -0.15) is 0 Å². The highest BCUT2D eigenvalue weighted by molar-refractivity contribution is 7.91. The van der Waals surface area contributed by atoms with Crippen LogP contribution >= 0.6 is 11.3 Å². The Bertz CT molecular complexity index is 1080. The smallest absolute Gasteiger partial charge is 0.241 e. The lowest BCUT2D eigenvalue weighted by molar-refractivity contribution is -0.120. The van der Waals surface area contributed by atoms with Crippen LogP contribution in [0.5, 0.6) is 0 Å². The van der Waals surface area contributed by atoms with Crippen LogP contribution in [0.1, 0.15) is 11.4 Å². The lowest BCUT2D eigenvalue weighted by atomic mass is 10.1. The average Bonchev–Trinajstić information content (AvgIpc) is 3.24. The second kappa shape index (κ2) is 8.22. The highest BCUT2D eigenvalue weighted by atomic mass is 32.2. The van der Waals surface area contributed by atoms with Crippen LogP contribution in [-0.2, 0) is 21.2 Å². The van der Waals surface area contributed by atoms with Gasteiger partial charge in [-0.05, 0) is 37.7 Å². The molecule has 0 aliphatic carbocycles. The Morgan fingerprint density at radius 1 is 1.14 bits per heavy atom. The molecule has 0 unspecified atom stereocenters. The van der Waals surface area contributed by atoms with Gasteiger partial charge in [-0.1, -0.05) is 30.3 Å². The number of fused-ring (bicyclic) bond motifs is 1. The summed E-state index contributed by atoms with van der Waals surface area (Å²) in [7, 11) is -1.20. The number of carbonyl (C=O) groups is 1. The standard InChI is InChI=1S/C21H23N3O3S2/c1-23(13-20-22-18-9-5-6-10-19(18)28-20)14-21(25)24(16-7-3-2-4-8-16)17-11-12-29(26,27)15-17/h2-10,17H,11-15H2,1H3/t17-/m1/s1. The molecule has 1 fully saturated rings. The van der Waals surface area contributed by atoms with E-state index in [1.54, 1.807) is 16.2 Å². The first-order valence-electron chi connectivity index (χ1n) is 9.52. The summed E-state index contributed by atoms with van der Waals surface area (Å²) in [6.45, 7) is 0.762. The molecule has 6 nitrogen and oxygen atoms in total. The minimum Gasteiger partial charge on any atom is -0.307 e. The highest BCUT2D eigenvalue weighted by Crippen LogP contribution is 2.25. The summed E-state index contributed by atoms with van der Waals surface area (Å²) in [4.78, 5) is 21.4. The molecule has 0 N–H and O–H groups in total. The van der Waals surface area contributed by atoms with Crippen molar-refractivity contribution < 1.29 is 13.2 Å². The Morgan fingerprint density at radius 3 is 2.55 bits per heavy atom. The third-order valence-corrected chi connectivity index (χ3v) is 7.80. The maximum absolute atomic E-state index is 13.2. The molecule has 1 aliphatic rings. The number of benzene rings is 2. The zero-order valence-electron chi connectivity index (χ0n) is 16.2. The number of likely N-dealkylation sites (N-methyl/N-ethyl adjacent to an activating group) is 1. The third-order valence-electron chi connectivity index (χ3n) is 5.03. The summed E-state index contributed by atoms with van der Waals surface area (Å²) in [6.07, 6.45) is 0.477. The normalized spacial score (nSPS) is 18.3. The highest BCUT2D eigenvalue weighted by Gasteiger charge is 2.35. The van der Waals surface area contributed by atoms with E-state index in [0.29, 0.717) is 13.0 Å². The van der Waals surface area contributed by atoms with E-state index in [-0.39, 0.29) is 30.0 Å². The van der Waals surface area contributed by atoms with Gasteiger partial charge >= 0.3 is 0 Å². The Morgan fingerprint density at radius 2 is 1.86 bits per heavy atom. The van der Waals surface area contributed by atoms with Gasteiger partial charge in [-0.15, -0.1) is 11.3 Å². The van der Waals surface area contributed by atoms with Crippen molar-refractivity contribution >= 4 is 43.0 Å². The fraction of sp³-hybridized carbons (Fsp3) is 0.333. The molecule has 152 valence electrons. The van der Waals surface area contributed by atoms with Crippen molar-refractivity contribution in [3.05, 3.63) is 59.6 Å². The molecule has 0 saturated carbocycles. The second-order valence-corrected chi connectivity index (χ2v) is 10.7. The van der Waals surface area contributed by atoms with Gasteiger partial charge in [0.1, 0.15) is 5.01 Å². The molecule has 1 aliphatic heterocycles. The van der Waals surface area contributed by atoms with Crippen molar-refractivity contribution in [3.8, 4) is 0 Å². The number of thiazole rings is 1. The van der Waals surface area contributed by atoms with Gasteiger partial charge in [0.05, 0.1) is 40.9 Å². The van der Waals surface area contributed by atoms with Gasteiger partial charge in [-0.3, -0.25) is 9.69 Å². The maximum Gasteiger partial charge on any atom is 0.241 e. The molecule has 0 bridgehead atoms. The number of para-hydroxylation sites is 2. The number of nitrogens with zero attached hydrogens (tertiary/aromatic N) is 3. The first kappa shape index (κ1) is 20.0. The number of hydrogen-bond acceptors (Lipinski definition) is 6. The largest absolute Gasteiger partial charge is 0.307 e. The van der Waals surface area contributed by atoms with E-state index in [0.717, 1.165) is 20.9 Å². The van der Waals surface area contributed by atoms with Crippen LogP contribution in [0.25, 0.3) is 10.2 Å². The molecule has 1 saturated heterocycles. The van der Waals surface area contributed by atoms with E-state index in [9.17, 15) is 13.2 Å². The SMILES string of the molecule is CN(CC(=O)N(c1ccccc1)[C@@H]1CCS(=O)(=O)C1)Cc1nc2ccccc2s1. The first-order valence-corrected chi connectivity index (χ1v) is 12.2. The Kier molecular flexibility index (Phi) is 5.67. The van der Waals surface area contributed by atoms with E-state index in [1.165, 1.54) is 0 Å². The minimum absolute atomic E-state index is 0.0230. The average molecular weight is 430 g/mol. The fourth-order valence-electron chi connectivity index (χ4n) is 3.71. The molecule has 8 heteroatoms. The van der Waals surface area contributed by atoms with Crippen molar-refractivity contribution in [3.63, 3.8) is 0 Å². The number of rotatable bonds is 6. The first-order chi connectivity index (χ1) is 13.9. The number of sulfone groups is 1. The molecular weight excluding hydrogens is 406 g/mol. The number of carbonyl (C=O) groups excluding carboxylic acids is 1. The molecule has 2 heterocycles. The second-order valence-electron chi connectivity index (χ2n) is 7.40. The zero-order valence-corrected chi connectivity index (χ0v) is 17.8. The van der Waals surface area contributed by atoms with Gasteiger partial charge in [0.2, 0.25) is 5.91 Å². The van der Waals surface area contributed by atoms with Gasteiger partial charge < -0.3 is 4.90 Å². The molecular formula is C21H23N3O3S2. The van der Waals surface area contributed by atoms with Crippen LogP contribution in [0.4, 0.5) is 5.69 Å². The number of amides is 1. The molecule has 2 aromatic carbocycles. The molecule has 0 radical (unpaired) electrons. The molecule has 1 aromatic heterocycles. The minimum atomic E-state index is -3.09. The van der Waals surface area contributed by atoms with E-state index >= 15 is 0 Å². The van der Waals surface area contributed by atoms with Crippen molar-refractivity contribution in [1.29, 1.82) is 0 Å². The summed E-state index contributed by atoms with van der Waals surface area (Å²) in [6, 6.07) is 17.0. The summed E-state index contributed by atoms with van der Waals surface area (Å²) in [5, 5.41) is 0.955. The Hall–Kier alpha value is -2.29. The summed E-state index contributed by atoms with van der Waals surface area (Å²) in [5.74, 6) is 0.0623. The van der Waals surface area contributed by atoms with Gasteiger partial charge in [0.25, 0.3) is 0 Å². The van der Waals surface area contributed by atoms with Gasteiger partial charge in [0.15, 0.2) is 9.84 Å². The zero-order chi connectivity index (χ0) is 20.4. The van der Waals surface area contributed by atoms with Crippen molar-refractivity contribution in [1.82, 2.24) is 9.88 Å². The quantitative estimate of drug-likeness (QED) is 0.603. The van der Waals surface area contributed by atoms with Crippen LogP contribution in [0.3, 0.4) is 0 Å². The summed E-state index contributed by atoms with van der Waals surface area (Å²) < 4.78 is 25.1.